The maximum atomic E-state index is 6.28. The van der Waals surface area contributed by atoms with Crippen molar-refractivity contribution in [3.8, 4) is 34.3 Å². The highest BCUT2D eigenvalue weighted by atomic mass is 32.4. The van der Waals surface area contributed by atoms with Crippen LogP contribution in [0.4, 0.5) is 0 Å². The average molecular weight is 447 g/mol. The van der Waals surface area contributed by atoms with Crippen LogP contribution < -0.4 is 5.30 Å². The fraction of sp³-hybridized carbons (Fsp3) is 0.0667. The van der Waals surface area contributed by atoms with E-state index in [1.807, 2.05) is 66.7 Å². The molecule has 32 heavy (non-hydrogen) atoms. The van der Waals surface area contributed by atoms with Gasteiger partial charge in [0, 0.05) is 16.4 Å². The molecule has 0 atom stereocenters. The van der Waals surface area contributed by atoms with E-state index in [9.17, 15) is 0 Å². The van der Waals surface area contributed by atoms with Gasteiger partial charge in [-0.15, -0.1) is 0 Å². The van der Waals surface area contributed by atoms with Gasteiger partial charge in [-0.1, -0.05) is 114 Å². The lowest BCUT2D eigenvalue weighted by Gasteiger charge is -2.16. The molecule has 0 aromatic heterocycles. The van der Waals surface area contributed by atoms with Crippen molar-refractivity contribution in [2.45, 2.75) is 13.8 Å². The summed E-state index contributed by atoms with van der Waals surface area (Å²) in [6, 6.07) is 32.4. The minimum Gasteiger partial charge on any atom is -0.0648 e. The summed E-state index contributed by atoms with van der Waals surface area (Å²) in [4.78, 5) is 0. The van der Waals surface area contributed by atoms with E-state index in [0.29, 0.717) is 0 Å². The molecule has 0 N–H and O–H groups in total. The molecular weight excluding hydrogens is 423 g/mol. The zero-order valence-corrected chi connectivity index (χ0v) is 19.9. The Kier molecular flexibility index (Phi) is 6.73. The summed E-state index contributed by atoms with van der Waals surface area (Å²) in [5.74, 6) is 6.63. The Hall–Kier alpha value is -3.35. The van der Waals surface area contributed by atoms with Crippen molar-refractivity contribution in [2.24, 2.45) is 0 Å². The Balaban J connectivity index is 1.91. The lowest BCUT2D eigenvalue weighted by atomic mass is 10.0. The molecule has 0 spiro atoms. The SMILES string of the molecule is Cc1cc(C)cc(-c2ccccc2P(=S)(C#Cc2ccccc2)C#Cc2ccccc2)c1. The number of hydrogen-bond acceptors (Lipinski definition) is 1. The summed E-state index contributed by atoms with van der Waals surface area (Å²) in [5.41, 5.74) is 13.5. The van der Waals surface area contributed by atoms with Crippen LogP contribution in [0.3, 0.4) is 0 Å². The monoisotopic (exact) mass is 446 g/mol. The highest BCUT2D eigenvalue weighted by Crippen LogP contribution is 2.45. The van der Waals surface area contributed by atoms with Gasteiger partial charge in [0.25, 0.3) is 0 Å². The van der Waals surface area contributed by atoms with Gasteiger partial charge in [0.1, 0.15) is 6.04 Å². The Labute approximate surface area is 196 Å². The van der Waals surface area contributed by atoms with Gasteiger partial charge in [-0.25, -0.2) is 0 Å². The molecule has 0 amide bonds. The van der Waals surface area contributed by atoms with Crippen LogP contribution in [0.15, 0.2) is 103 Å². The predicted octanol–water partition coefficient (Wildman–Crippen LogP) is 7.09. The van der Waals surface area contributed by atoms with Crippen LogP contribution in [-0.2, 0) is 11.8 Å². The van der Waals surface area contributed by atoms with Gasteiger partial charge in [-0.3, -0.25) is 0 Å². The van der Waals surface area contributed by atoms with Crippen molar-refractivity contribution in [3.05, 3.63) is 125 Å². The molecule has 154 valence electrons. The first kappa shape index (κ1) is 21.9. The first-order chi connectivity index (χ1) is 15.5. The van der Waals surface area contributed by atoms with Crippen LogP contribution in [0.5, 0.6) is 0 Å². The molecule has 0 aliphatic carbocycles. The van der Waals surface area contributed by atoms with E-state index in [1.165, 1.54) is 11.1 Å². The smallest absolute Gasteiger partial charge is 0.0648 e. The van der Waals surface area contributed by atoms with Crippen LogP contribution in [0.25, 0.3) is 11.1 Å². The molecule has 0 saturated carbocycles. The highest BCUT2D eigenvalue weighted by molar-refractivity contribution is 8.23. The molecule has 2 heteroatoms. The van der Waals surface area contributed by atoms with E-state index >= 15 is 0 Å². The molecule has 0 nitrogen and oxygen atoms in total. The summed E-state index contributed by atoms with van der Waals surface area (Å²) in [6.45, 7) is 4.25. The molecule has 4 aromatic rings. The van der Waals surface area contributed by atoms with E-state index < -0.39 is 6.04 Å². The van der Waals surface area contributed by atoms with Gasteiger partial charge >= 0.3 is 0 Å². The fourth-order valence-electron chi connectivity index (χ4n) is 3.60. The van der Waals surface area contributed by atoms with Crippen LogP contribution >= 0.6 is 6.04 Å². The summed E-state index contributed by atoms with van der Waals surface area (Å²) >= 11 is 6.28. The Morgan fingerprint density at radius 3 is 1.59 bits per heavy atom. The second-order valence-electron chi connectivity index (χ2n) is 7.71. The van der Waals surface area contributed by atoms with Crippen LogP contribution in [0, 0.1) is 37.0 Å². The van der Waals surface area contributed by atoms with Crippen LogP contribution in [-0.4, -0.2) is 0 Å². The summed E-state index contributed by atoms with van der Waals surface area (Å²) < 4.78 is 0. The van der Waals surface area contributed by atoms with E-state index in [-0.39, 0.29) is 0 Å². The molecule has 0 radical (unpaired) electrons. The minimum atomic E-state index is -2.52. The van der Waals surface area contributed by atoms with E-state index in [0.717, 1.165) is 27.6 Å². The Morgan fingerprint density at radius 2 is 1.06 bits per heavy atom. The third kappa shape index (κ3) is 5.28. The molecule has 0 unspecified atom stereocenters. The zero-order chi connectivity index (χ0) is 22.4. The summed E-state index contributed by atoms with van der Waals surface area (Å²) in [5, 5.41) is 1.05. The van der Waals surface area contributed by atoms with E-state index in [1.54, 1.807) is 0 Å². The van der Waals surface area contributed by atoms with Gasteiger partial charge in [0.15, 0.2) is 0 Å². The van der Waals surface area contributed by atoms with Gasteiger partial charge in [0.2, 0.25) is 0 Å². The lowest BCUT2D eigenvalue weighted by Crippen LogP contribution is -2.06. The first-order valence-electron chi connectivity index (χ1n) is 10.5. The maximum absolute atomic E-state index is 6.28. The minimum absolute atomic E-state index is 0.951. The van der Waals surface area contributed by atoms with Crippen molar-refractivity contribution in [3.63, 3.8) is 0 Å². The number of rotatable bonds is 2. The first-order valence-corrected chi connectivity index (χ1v) is 13.3. The van der Waals surface area contributed by atoms with E-state index in [4.69, 9.17) is 11.8 Å². The molecule has 4 aromatic carbocycles. The van der Waals surface area contributed by atoms with Gasteiger partial charge in [0.05, 0.1) is 0 Å². The third-order valence-electron chi connectivity index (χ3n) is 5.04. The molecule has 0 heterocycles. The fourth-order valence-corrected chi connectivity index (χ4v) is 6.06. The van der Waals surface area contributed by atoms with Crippen LogP contribution in [0.2, 0.25) is 0 Å². The van der Waals surface area contributed by atoms with Gasteiger partial charge in [-0.2, -0.15) is 0 Å². The molecule has 0 bridgehead atoms. The molecular formula is C30H23PS. The average Bonchev–Trinajstić information content (AvgIpc) is 2.82. The molecule has 0 aliphatic rings. The van der Waals surface area contributed by atoms with E-state index in [2.05, 4.69) is 73.4 Å². The zero-order valence-electron chi connectivity index (χ0n) is 18.2. The summed E-state index contributed by atoms with van der Waals surface area (Å²) in [7, 11) is 0. The quantitative estimate of drug-likeness (QED) is 0.234. The second kappa shape index (κ2) is 9.85. The van der Waals surface area contributed by atoms with Crippen molar-refractivity contribution < 1.29 is 0 Å². The maximum Gasteiger partial charge on any atom is 0.118 e. The van der Waals surface area contributed by atoms with Crippen LogP contribution in [0.1, 0.15) is 22.3 Å². The Bertz CT molecular complexity index is 1330. The lowest BCUT2D eigenvalue weighted by molar-refractivity contribution is 1.39. The van der Waals surface area contributed by atoms with Crippen molar-refractivity contribution in [1.29, 1.82) is 0 Å². The molecule has 0 saturated heterocycles. The van der Waals surface area contributed by atoms with Crippen molar-refractivity contribution in [2.75, 3.05) is 0 Å². The van der Waals surface area contributed by atoms with Gasteiger partial charge < -0.3 is 0 Å². The second-order valence-corrected chi connectivity index (χ2v) is 11.5. The Morgan fingerprint density at radius 1 is 0.594 bits per heavy atom. The van der Waals surface area contributed by atoms with Crippen molar-refractivity contribution >= 4 is 23.1 Å². The third-order valence-corrected chi connectivity index (χ3v) is 8.10. The van der Waals surface area contributed by atoms with Gasteiger partial charge in [-0.05, 0) is 60.6 Å². The normalized spacial score (nSPS) is 10.4. The highest BCUT2D eigenvalue weighted by Gasteiger charge is 2.19. The number of benzene rings is 4. The number of aryl methyl sites for hydroxylation is 2. The largest absolute Gasteiger partial charge is 0.118 e. The van der Waals surface area contributed by atoms with Crippen molar-refractivity contribution in [1.82, 2.24) is 0 Å². The topological polar surface area (TPSA) is 0 Å². The summed E-state index contributed by atoms with van der Waals surface area (Å²) in [6.07, 6.45) is 0. The molecule has 4 rings (SSSR count). The number of hydrogen-bond donors (Lipinski definition) is 0. The molecule has 0 aliphatic heterocycles. The predicted molar refractivity (Wildman–Crippen MR) is 142 cm³/mol. The standard InChI is InChI=1S/C30H23PS/c1-24-21-25(2)23-28(22-24)29-15-9-10-16-30(29)31(32,19-17-26-11-5-3-6-12-26)20-18-27-13-7-4-8-14-27/h3-16,21-23H,1-2H3. The molecule has 0 fully saturated rings.